The molecule has 6 nitrogen and oxygen atoms in total. The van der Waals surface area contributed by atoms with Crippen molar-refractivity contribution in [3.63, 3.8) is 0 Å². The number of nitrogens with one attached hydrogen (secondary N) is 2. The van der Waals surface area contributed by atoms with E-state index in [0.29, 0.717) is 23.6 Å². The molecule has 0 saturated carbocycles. The minimum absolute atomic E-state index is 0.196. The molecule has 0 aliphatic rings. The van der Waals surface area contributed by atoms with E-state index in [1.807, 2.05) is 38.1 Å². The number of thioether (sulfide) groups is 1. The molecular formula is C19H23N3O3S. The Hall–Kier alpha value is -2.54. The summed E-state index contributed by atoms with van der Waals surface area (Å²) in [6.45, 7) is 7.72. The van der Waals surface area contributed by atoms with Crippen molar-refractivity contribution < 1.29 is 14.3 Å². The SMILES string of the molecule is CCOC(=O)c1c(C)[nH]c(/C=N/NC(=O)CSc2ccc(C)cc2)c1C. The molecule has 0 bridgehead atoms. The molecule has 0 spiro atoms. The third-order valence-corrected chi connectivity index (χ3v) is 4.74. The molecule has 2 aromatic rings. The molecular weight excluding hydrogens is 350 g/mol. The van der Waals surface area contributed by atoms with Gasteiger partial charge in [0.15, 0.2) is 0 Å². The van der Waals surface area contributed by atoms with Crippen LogP contribution in [0.1, 0.15) is 39.8 Å². The Morgan fingerprint density at radius 3 is 2.58 bits per heavy atom. The molecule has 0 atom stereocenters. The Labute approximate surface area is 157 Å². The van der Waals surface area contributed by atoms with E-state index in [1.54, 1.807) is 13.8 Å². The van der Waals surface area contributed by atoms with E-state index in [-0.39, 0.29) is 17.6 Å². The average Bonchev–Trinajstić information content (AvgIpc) is 2.88. The van der Waals surface area contributed by atoms with Gasteiger partial charge in [-0.2, -0.15) is 5.10 Å². The van der Waals surface area contributed by atoms with Crippen LogP contribution in [0.4, 0.5) is 0 Å². The fourth-order valence-electron chi connectivity index (χ4n) is 2.40. The topological polar surface area (TPSA) is 83.6 Å². The number of amides is 1. The first kappa shape index (κ1) is 19.8. The van der Waals surface area contributed by atoms with Crippen LogP contribution in [0.3, 0.4) is 0 Å². The van der Waals surface area contributed by atoms with Crippen molar-refractivity contribution in [1.29, 1.82) is 0 Å². The maximum Gasteiger partial charge on any atom is 0.340 e. The number of rotatable bonds is 7. The van der Waals surface area contributed by atoms with Gasteiger partial charge >= 0.3 is 5.97 Å². The van der Waals surface area contributed by atoms with E-state index >= 15 is 0 Å². The van der Waals surface area contributed by atoms with Gasteiger partial charge in [0.1, 0.15) is 0 Å². The number of H-pyrrole nitrogens is 1. The lowest BCUT2D eigenvalue weighted by Crippen LogP contribution is -2.19. The van der Waals surface area contributed by atoms with Gasteiger partial charge in [-0.25, -0.2) is 10.2 Å². The maximum atomic E-state index is 12.0. The summed E-state index contributed by atoms with van der Waals surface area (Å²) in [6.07, 6.45) is 1.50. The quantitative estimate of drug-likeness (QED) is 0.337. The van der Waals surface area contributed by atoms with Gasteiger partial charge in [0.2, 0.25) is 5.91 Å². The van der Waals surface area contributed by atoms with Crippen molar-refractivity contribution in [2.24, 2.45) is 5.10 Å². The van der Waals surface area contributed by atoms with Gasteiger partial charge < -0.3 is 9.72 Å². The van der Waals surface area contributed by atoms with Crippen LogP contribution in [0.2, 0.25) is 0 Å². The first-order valence-electron chi connectivity index (χ1n) is 8.30. The van der Waals surface area contributed by atoms with Crippen LogP contribution in [0, 0.1) is 20.8 Å². The van der Waals surface area contributed by atoms with Crippen molar-refractivity contribution in [3.8, 4) is 0 Å². The second-order valence-corrected chi connectivity index (χ2v) is 6.83. The molecule has 1 aromatic heterocycles. The number of aromatic nitrogens is 1. The summed E-state index contributed by atoms with van der Waals surface area (Å²) >= 11 is 1.45. The predicted octanol–water partition coefficient (Wildman–Crippen LogP) is 3.36. The third-order valence-electron chi connectivity index (χ3n) is 3.73. The second kappa shape index (κ2) is 9.24. The fraction of sp³-hybridized carbons (Fsp3) is 0.316. The van der Waals surface area contributed by atoms with Gasteiger partial charge in [0, 0.05) is 10.6 Å². The molecule has 0 aliphatic carbocycles. The molecule has 0 saturated heterocycles. The van der Waals surface area contributed by atoms with E-state index in [2.05, 4.69) is 15.5 Å². The molecule has 0 fully saturated rings. The number of benzene rings is 1. The number of hydrogen-bond donors (Lipinski definition) is 2. The number of hydrogen-bond acceptors (Lipinski definition) is 5. The van der Waals surface area contributed by atoms with E-state index < -0.39 is 0 Å². The zero-order chi connectivity index (χ0) is 19.1. The minimum atomic E-state index is -0.364. The van der Waals surface area contributed by atoms with Crippen LogP contribution in [-0.4, -0.2) is 35.4 Å². The summed E-state index contributed by atoms with van der Waals surface area (Å²) in [6, 6.07) is 7.99. The summed E-state index contributed by atoms with van der Waals surface area (Å²) < 4.78 is 5.05. The number of nitrogens with zero attached hydrogens (tertiary/aromatic N) is 1. The van der Waals surface area contributed by atoms with Gasteiger partial charge in [-0.3, -0.25) is 4.79 Å². The van der Waals surface area contributed by atoms with E-state index in [4.69, 9.17) is 4.74 Å². The molecule has 0 aliphatic heterocycles. The minimum Gasteiger partial charge on any atom is -0.462 e. The van der Waals surface area contributed by atoms with Crippen LogP contribution < -0.4 is 5.43 Å². The summed E-state index contributed by atoms with van der Waals surface area (Å²) in [7, 11) is 0. The number of ether oxygens (including phenoxy) is 1. The summed E-state index contributed by atoms with van der Waals surface area (Å²) in [5.74, 6) is -0.285. The normalized spacial score (nSPS) is 10.9. The van der Waals surface area contributed by atoms with Crippen LogP contribution in [0.15, 0.2) is 34.3 Å². The summed E-state index contributed by atoms with van der Waals surface area (Å²) in [4.78, 5) is 28.0. The van der Waals surface area contributed by atoms with Crippen molar-refractivity contribution in [1.82, 2.24) is 10.4 Å². The highest BCUT2D eigenvalue weighted by atomic mass is 32.2. The number of carbonyl (C=O) groups excluding carboxylic acids is 2. The zero-order valence-electron chi connectivity index (χ0n) is 15.4. The highest BCUT2D eigenvalue weighted by Crippen LogP contribution is 2.18. The van der Waals surface area contributed by atoms with Gasteiger partial charge in [0.25, 0.3) is 0 Å². The van der Waals surface area contributed by atoms with Gasteiger partial charge in [0.05, 0.1) is 29.8 Å². The van der Waals surface area contributed by atoms with Crippen molar-refractivity contribution >= 4 is 29.9 Å². The second-order valence-electron chi connectivity index (χ2n) is 5.78. The monoisotopic (exact) mass is 373 g/mol. The molecule has 0 radical (unpaired) electrons. The number of esters is 1. The Morgan fingerprint density at radius 1 is 1.23 bits per heavy atom. The molecule has 7 heteroatoms. The largest absolute Gasteiger partial charge is 0.462 e. The van der Waals surface area contributed by atoms with Crippen LogP contribution in [-0.2, 0) is 9.53 Å². The van der Waals surface area contributed by atoms with E-state index in [9.17, 15) is 9.59 Å². The Kier molecular flexibility index (Phi) is 7.03. The van der Waals surface area contributed by atoms with Crippen molar-refractivity contribution in [2.45, 2.75) is 32.6 Å². The Balaban J connectivity index is 1.91. The number of hydrazone groups is 1. The molecule has 138 valence electrons. The Bertz CT molecular complexity index is 810. The standard InChI is InChI=1S/C19H23N3O3S/c1-5-25-19(24)18-13(3)16(21-14(18)4)10-20-22-17(23)11-26-15-8-6-12(2)7-9-15/h6-10,21H,5,11H2,1-4H3,(H,22,23)/b20-10+. The highest BCUT2D eigenvalue weighted by Gasteiger charge is 2.18. The van der Waals surface area contributed by atoms with Crippen molar-refractivity contribution in [2.75, 3.05) is 12.4 Å². The van der Waals surface area contributed by atoms with Gasteiger partial charge in [-0.1, -0.05) is 17.7 Å². The third kappa shape index (κ3) is 5.23. The number of aryl methyl sites for hydroxylation is 2. The lowest BCUT2D eigenvalue weighted by atomic mass is 10.1. The lowest BCUT2D eigenvalue weighted by molar-refractivity contribution is -0.118. The zero-order valence-corrected chi connectivity index (χ0v) is 16.2. The molecule has 0 unspecified atom stereocenters. The fourth-order valence-corrected chi connectivity index (χ4v) is 3.09. The highest BCUT2D eigenvalue weighted by molar-refractivity contribution is 8.00. The van der Waals surface area contributed by atoms with Gasteiger partial charge in [-0.05, 0) is 45.4 Å². The lowest BCUT2D eigenvalue weighted by Gasteiger charge is -2.02. The van der Waals surface area contributed by atoms with Crippen LogP contribution in [0.5, 0.6) is 0 Å². The maximum absolute atomic E-state index is 12.0. The average molecular weight is 373 g/mol. The van der Waals surface area contributed by atoms with Crippen LogP contribution in [0.25, 0.3) is 0 Å². The first-order chi connectivity index (χ1) is 12.4. The number of carbonyl (C=O) groups is 2. The first-order valence-corrected chi connectivity index (χ1v) is 9.28. The molecule has 1 heterocycles. The molecule has 2 rings (SSSR count). The summed E-state index contributed by atoms with van der Waals surface area (Å²) in [5, 5.41) is 3.97. The van der Waals surface area contributed by atoms with Crippen molar-refractivity contribution in [3.05, 3.63) is 52.3 Å². The molecule has 1 aromatic carbocycles. The Morgan fingerprint density at radius 2 is 1.92 bits per heavy atom. The van der Waals surface area contributed by atoms with E-state index in [0.717, 1.165) is 10.5 Å². The number of aromatic amines is 1. The van der Waals surface area contributed by atoms with Gasteiger partial charge in [-0.15, -0.1) is 11.8 Å². The molecule has 2 N–H and O–H groups in total. The molecule has 1 amide bonds. The smallest absolute Gasteiger partial charge is 0.340 e. The summed E-state index contributed by atoms with van der Waals surface area (Å²) in [5.41, 5.74) is 6.31. The predicted molar refractivity (Wildman–Crippen MR) is 104 cm³/mol. The van der Waals surface area contributed by atoms with Crippen LogP contribution >= 0.6 is 11.8 Å². The van der Waals surface area contributed by atoms with E-state index in [1.165, 1.54) is 23.5 Å². The molecule has 26 heavy (non-hydrogen) atoms.